The summed E-state index contributed by atoms with van der Waals surface area (Å²) in [5.74, 6) is -0.156. The minimum Gasteiger partial charge on any atom is -0.413 e. The van der Waals surface area contributed by atoms with Crippen molar-refractivity contribution in [3.05, 3.63) is 69.3 Å². The van der Waals surface area contributed by atoms with Crippen LogP contribution in [-0.2, 0) is 13.8 Å². The highest BCUT2D eigenvalue weighted by atomic mass is 31.2. The zero-order valence-electron chi connectivity index (χ0n) is 16.3. The Morgan fingerprint density at radius 1 is 1.35 bits per heavy atom. The third-order valence-corrected chi connectivity index (χ3v) is 5.53. The summed E-state index contributed by atoms with van der Waals surface area (Å²) in [6.45, 7) is 2.34. The van der Waals surface area contributed by atoms with E-state index in [-0.39, 0.29) is 11.3 Å². The number of pyridine rings is 1. The fourth-order valence-corrected chi connectivity index (χ4v) is 3.93. The average Bonchev–Trinajstić information content (AvgIpc) is 3.05. The number of aromatic amines is 1. The van der Waals surface area contributed by atoms with Gasteiger partial charge in [0.05, 0.1) is 6.61 Å². The second-order valence-electron chi connectivity index (χ2n) is 6.81. The van der Waals surface area contributed by atoms with Crippen LogP contribution in [0.15, 0.2) is 52.5 Å². The van der Waals surface area contributed by atoms with Crippen molar-refractivity contribution in [2.45, 2.75) is 32.0 Å². The molecular weight excluding hydrogens is 444 g/mol. The first-order chi connectivity index (χ1) is 14.4. The number of nitrogens with zero attached hydrogens (tertiary/aromatic N) is 2. The maximum atomic E-state index is 12.9. The molecule has 3 heterocycles. The minimum atomic E-state index is -5.06. The Morgan fingerprint density at radius 2 is 2.03 bits per heavy atom. The van der Waals surface area contributed by atoms with E-state index in [4.69, 9.17) is 13.8 Å². The number of hydrogen-bond donors (Lipinski definition) is 2. The van der Waals surface area contributed by atoms with Gasteiger partial charge in [0.1, 0.15) is 11.4 Å². The van der Waals surface area contributed by atoms with Gasteiger partial charge in [0.25, 0.3) is 5.56 Å². The Labute approximate surface area is 173 Å². The number of aryl methyl sites for hydroxylation is 1. The van der Waals surface area contributed by atoms with Gasteiger partial charge in [-0.15, -0.1) is 5.09 Å². The second-order valence-corrected chi connectivity index (χ2v) is 8.47. The van der Waals surface area contributed by atoms with Crippen molar-refractivity contribution < 1.29 is 31.5 Å². The maximum Gasteiger partial charge on any atom is 0.467 e. The molecule has 1 aliphatic heterocycles. The lowest BCUT2D eigenvalue weighted by molar-refractivity contribution is -0.144. The van der Waals surface area contributed by atoms with E-state index in [1.807, 2.05) is 0 Å². The third-order valence-electron chi connectivity index (χ3n) is 4.08. The van der Waals surface area contributed by atoms with Crippen LogP contribution in [0.3, 0.4) is 0 Å². The molecule has 1 aliphatic rings. The molecule has 14 heteroatoms. The quantitative estimate of drug-likeness (QED) is 0.365. The molecule has 0 bridgehead atoms. The molecule has 0 radical (unpaired) electrons. The molecule has 3 rings (SSSR count). The maximum absolute atomic E-state index is 12.9. The predicted octanol–water partition coefficient (Wildman–Crippen LogP) is 2.40. The van der Waals surface area contributed by atoms with Gasteiger partial charge in [-0.1, -0.05) is 6.08 Å². The van der Waals surface area contributed by atoms with Crippen LogP contribution in [0, 0.1) is 6.92 Å². The molecule has 0 aliphatic carbocycles. The number of hydrogen-bond acceptors (Lipinski definition) is 7. The molecule has 31 heavy (non-hydrogen) atoms. The van der Waals surface area contributed by atoms with E-state index in [2.05, 4.69) is 9.97 Å². The van der Waals surface area contributed by atoms with Crippen molar-refractivity contribution in [1.29, 1.82) is 0 Å². The zero-order chi connectivity index (χ0) is 22.9. The first kappa shape index (κ1) is 22.9. The predicted molar refractivity (Wildman–Crippen MR) is 101 cm³/mol. The number of alkyl halides is 3. The van der Waals surface area contributed by atoms with Gasteiger partial charge >= 0.3 is 19.7 Å². The van der Waals surface area contributed by atoms with Crippen molar-refractivity contribution in [2.24, 2.45) is 0 Å². The van der Waals surface area contributed by atoms with Crippen molar-refractivity contribution in [1.82, 2.24) is 19.6 Å². The number of nitrogens with one attached hydrogen (secondary N) is 2. The molecular formula is C17H18F3N4O6P. The summed E-state index contributed by atoms with van der Waals surface area (Å²) in [6, 6.07) is 2.42. The molecule has 2 aromatic rings. The van der Waals surface area contributed by atoms with E-state index in [9.17, 15) is 27.3 Å². The third kappa shape index (κ3) is 5.91. The van der Waals surface area contributed by atoms with Gasteiger partial charge in [0.2, 0.25) is 0 Å². The van der Waals surface area contributed by atoms with Gasteiger partial charge in [-0.2, -0.15) is 13.2 Å². The van der Waals surface area contributed by atoms with Crippen LogP contribution >= 0.6 is 7.75 Å². The molecule has 1 unspecified atom stereocenters. The van der Waals surface area contributed by atoms with Gasteiger partial charge in [0, 0.05) is 24.2 Å². The molecule has 0 saturated heterocycles. The molecule has 0 amide bonds. The van der Waals surface area contributed by atoms with Crippen molar-refractivity contribution in [3.63, 3.8) is 0 Å². The van der Waals surface area contributed by atoms with Crippen LogP contribution in [-0.4, -0.2) is 33.0 Å². The number of rotatable bonds is 7. The molecule has 0 fully saturated rings. The van der Waals surface area contributed by atoms with Crippen LogP contribution in [0.25, 0.3) is 0 Å². The number of halogens is 3. The SMILES string of the molecule is Cc1cn([C@H]2C=C[C@@](C)(COP(=O)(NC(F)(F)F)Oc3ccncc3)O2)c(=O)[nH]c1=O. The van der Waals surface area contributed by atoms with Gasteiger partial charge in [0.15, 0.2) is 6.23 Å². The van der Waals surface area contributed by atoms with Crippen LogP contribution in [0.1, 0.15) is 18.7 Å². The molecule has 168 valence electrons. The average molecular weight is 462 g/mol. The van der Waals surface area contributed by atoms with E-state index in [0.29, 0.717) is 0 Å². The highest BCUT2D eigenvalue weighted by molar-refractivity contribution is 7.52. The first-order valence-corrected chi connectivity index (χ1v) is 10.3. The summed E-state index contributed by atoms with van der Waals surface area (Å²) in [5, 5.41) is 0.904. The largest absolute Gasteiger partial charge is 0.467 e. The van der Waals surface area contributed by atoms with Gasteiger partial charge < -0.3 is 9.26 Å². The number of ether oxygens (including phenoxy) is 1. The Kier molecular flexibility index (Phi) is 6.23. The lowest BCUT2D eigenvalue weighted by Crippen LogP contribution is -2.37. The fraction of sp³-hybridized carbons (Fsp3) is 0.353. The normalized spacial score (nSPS) is 22.9. The highest BCUT2D eigenvalue weighted by Gasteiger charge is 2.44. The molecule has 0 saturated carbocycles. The lowest BCUT2D eigenvalue weighted by Gasteiger charge is -2.28. The monoisotopic (exact) mass is 462 g/mol. The van der Waals surface area contributed by atoms with Crippen LogP contribution < -0.4 is 20.9 Å². The second kappa shape index (κ2) is 8.42. The van der Waals surface area contributed by atoms with Gasteiger partial charge in [-0.05, 0) is 32.1 Å². The Hall–Kier alpha value is -2.73. The minimum absolute atomic E-state index is 0.156. The Bertz CT molecular complexity index is 1130. The van der Waals surface area contributed by atoms with Gasteiger partial charge in [-0.25, -0.2) is 9.36 Å². The summed E-state index contributed by atoms with van der Waals surface area (Å²) >= 11 is 0. The number of aromatic nitrogens is 3. The van der Waals surface area contributed by atoms with Crippen molar-refractivity contribution >= 4 is 7.75 Å². The summed E-state index contributed by atoms with van der Waals surface area (Å²) < 4.78 is 68.1. The Balaban J connectivity index is 1.75. The Morgan fingerprint density at radius 3 is 2.68 bits per heavy atom. The van der Waals surface area contributed by atoms with E-state index < -0.39 is 43.7 Å². The van der Waals surface area contributed by atoms with Crippen LogP contribution in [0.5, 0.6) is 5.75 Å². The van der Waals surface area contributed by atoms with E-state index in [1.54, 1.807) is 0 Å². The van der Waals surface area contributed by atoms with Crippen molar-refractivity contribution in [2.75, 3.05) is 6.61 Å². The summed E-state index contributed by atoms with van der Waals surface area (Å²) in [4.78, 5) is 29.4. The van der Waals surface area contributed by atoms with Gasteiger partial charge in [-0.3, -0.25) is 23.9 Å². The molecule has 2 N–H and O–H groups in total. The summed E-state index contributed by atoms with van der Waals surface area (Å²) in [5.41, 5.74) is -2.38. The standard InChI is InChI=1S/C17H18F3N4O6P/c1-11-9-24(15(26)22-14(11)25)13-3-6-16(2,29-13)10-28-31(27,23-17(18,19)20)30-12-4-7-21-8-5-12/h3-9,13H,10H2,1-2H3,(H,23,27)(H,22,25,26)/t13-,16+,31?/m1/s1. The number of H-pyrrole nitrogens is 1. The molecule has 2 aromatic heterocycles. The fourth-order valence-electron chi connectivity index (χ4n) is 2.63. The van der Waals surface area contributed by atoms with Crippen LogP contribution in [0.2, 0.25) is 0 Å². The zero-order valence-corrected chi connectivity index (χ0v) is 17.1. The van der Waals surface area contributed by atoms with E-state index in [0.717, 1.165) is 9.65 Å². The smallest absolute Gasteiger partial charge is 0.413 e. The van der Waals surface area contributed by atoms with E-state index in [1.165, 1.54) is 56.7 Å². The lowest BCUT2D eigenvalue weighted by atomic mass is 10.1. The molecule has 3 atom stereocenters. The van der Waals surface area contributed by atoms with Crippen LogP contribution in [0.4, 0.5) is 13.2 Å². The molecule has 10 nitrogen and oxygen atoms in total. The molecule has 0 spiro atoms. The molecule has 0 aromatic carbocycles. The summed E-state index contributed by atoms with van der Waals surface area (Å²) in [6.07, 6.45) is 0.638. The topological polar surface area (TPSA) is 125 Å². The van der Waals surface area contributed by atoms with Crippen molar-refractivity contribution in [3.8, 4) is 5.75 Å². The first-order valence-electron chi connectivity index (χ1n) is 8.78. The highest BCUT2D eigenvalue weighted by Crippen LogP contribution is 2.48. The van der Waals surface area contributed by atoms with E-state index >= 15 is 0 Å². The summed E-state index contributed by atoms with van der Waals surface area (Å²) in [7, 11) is -4.91.